The second kappa shape index (κ2) is 6.89. The van der Waals surface area contributed by atoms with Gasteiger partial charge in [-0.3, -0.25) is 0 Å². The molecule has 0 N–H and O–H groups in total. The Morgan fingerprint density at radius 2 is 0.933 bits per heavy atom. The topological polar surface area (TPSA) is 0 Å². The van der Waals surface area contributed by atoms with Crippen LogP contribution < -0.4 is 0 Å². The van der Waals surface area contributed by atoms with E-state index in [0.29, 0.717) is 0 Å². The first-order valence-electron chi connectivity index (χ1n) is 6.81. The van der Waals surface area contributed by atoms with E-state index in [1.54, 1.807) is 18.5 Å². The number of hydrogen-bond donors (Lipinski definition) is 0. The van der Waals surface area contributed by atoms with Gasteiger partial charge in [-0.1, -0.05) is 0 Å². The minimum atomic E-state index is -0.959. The molecule has 0 rings (SSSR count). The van der Waals surface area contributed by atoms with Crippen LogP contribution in [0.15, 0.2) is 0 Å². The van der Waals surface area contributed by atoms with Crippen molar-refractivity contribution < 1.29 is 0 Å². The van der Waals surface area contributed by atoms with Gasteiger partial charge in [0.15, 0.2) is 0 Å². The molecule has 0 bridgehead atoms. The zero-order chi connectivity index (χ0) is 12.1. The number of hydrogen-bond acceptors (Lipinski definition) is 0. The van der Waals surface area contributed by atoms with Crippen molar-refractivity contribution in [3.63, 3.8) is 0 Å². The first kappa shape index (κ1) is 15.4. The predicted octanol–water partition coefficient (Wildman–Crippen LogP) is 4.72. The maximum atomic E-state index is 2.44. The zero-order valence-electron chi connectivity index (χ0n) is 12.1. The summed E-state index contributed by atoms with van der Waals surface area (Å²) in [4.78, 5) is 0. The molecule has 0 fully saturated rings. The summed E-state index contributed by atoms with van der Waals surface area (Å²) < 4.78 is 0. The van der Waals surface area contributed by atoms with E-state index in [1.165, 1.54) is 6.16 Å². The van der Waals surface area contributed by atoms with E-state index in [2.05, 4.69) is 48.5 Å². The van der Waals surface area contributed by atoms with Gasteiger partial charge in [-0.15, -0.1) is 0 Å². The van der Waals surface area contributed by atoms with Crippen LogP contribution in [0.4, 0.5) is 0 Å². The Morgan fingerprint density at radius 3 is 1.07 bits per heavy atom. The summed E-state index contributed by atoms with van der Waals surface area (Å²) in [5.41, 5.74) is 0. The summed E-state index contributed by atoms with van der Waals surface area (Å²) in [6, 6.07) is 0. The van der Waals surface area contributed by atoms with Crippen LogP contribution in [0.5, 0.6) is 0 Å². The van der Waals surface area contributed by atoms with Crippen LogP contribution in [0.3, 0.4) is 0 Å². The van der Waals surface area contributed by atoms with Crippen LogP contribution in [0, 0.1) is 17.8 Å². The van der Waals surface area contributed by atoms with Crippen molar-refractivity contribution in [1.82, 2.24) is 0 Å². The molecule has 0 saturated heterocycles. The molecule has 0 atom stereocenters. The average molecular weight is 232 g/mol. The van der Waals surface area contributed by atoms with Crippen LogP contribution in [-0.2, 0) is 0 Å². The van der Waals surface area contributed by atoms with E-state index in [1.807, 2.05) is 0 Å². The van der Waals surface area contributed by atoms with Crippen LogP contribution in [0.1, 0.15) is 48.5 Å². The third-order valence-corrected chi connectivity index (χ3v) is 9.82. The molecule has 94 valence electrons. The second-order valence-electron chi connectivity index (χ2n) is 6.65. The van der Waals surface area contributed by atoms with E-state index in [-0.39, 0.29) is 0 Å². The molecule has 0 saturated carbocycles. The molecule has 1 heteroatoms. The fraction of sp³-hybridized carbons (Fsp3) is 1.00. The van der Waals surface area contributed by atoms with Crippen molar-refractivity contribution in [2.75, 3.05) is 24.6 Å². The van der Waals surface area contributed by atoms with Gasteiger partial charge < -0.3 is 0 Å². The van der Waals surface area contributed by atoms with Gasteiger partial charge in [-0.2, -0.15) is 0 Å². The summed E-state index contributed by atoms with van der Waals surface area (Å²) in [5.74, 6) is 2.69. The molecular formula is C14H33P. The summed E-state index contributed by atoms with van der Waals surface area (Å²) in [5, 5.41) is 0. The summed E-state index contributed by atoms with van der Waals surface area (Å²) in [7, 11) is -0.959. The molecule has 0 aromatic carbocycles. The zero-order valence-corrected chi connectivity index (χ0v) is 13.1. The van der Waals surface area contributed by atoms with Gasteiger partial charge in [0.1, 0.15) is 0 Å². The van der Waals surface area contributed by atoms with E-state index >= 15 is 0 Å². The molecular weight excluding hydrogens is 199 g/mol. The SMILES string of the molecule is CC[PH](CC(C)C)(CC(C)C)CC(C)C. The predicted molar refractivity (Wildman–Crippen MR) is 78.0 cm³/mol. The van der Waals surface area contributed by atoms with Crippen LogP contribution in [-0.4, -0.2) is 24.6 Å². The molecule has 15 heavy (non-hydrogen) atoms. The van der Waals surface area contributed by atoms with Crippen LogP contribution in [0.2, 0.25) is 0 Å². The van der Waals surface area contributed by atoms with Crippen molar-refractivity contribution >= 4 is 7.26 Å². The Hall–Kier alpha value is 0.430. The number of rotatable bonds is 7. The van der Waals surface area contributed by atoms with Gasteiger partial charge in [0, 0.05) is 0 Å². The Bertz CT molecular complexity index is 132. The summed E-state index contributed by atoms with van der Waals surface area (Å²) in [6.45, 7) is 16.8. The van der Waals surface area contributed by atoms with Crippen LogP contribution in [0.25, 0.3) is 0 Å². The van der Waals surface area contributed by atoms with Gasteiger partial charge in [-0.25, -0.2) is 0 Å². The quantitative estimate of drug-likeness (QED) is 0.557. The van der Waals surface area contributed by atoms with E-state index in [0.717, 1.165) is 17.8 Å². The standard InChI is InChI=1S/C14H33P/c1-8-15(9-12(2)3,10-13(4)5)11-14(6)7/h12-15H,8-11H2,1-7H3. The third kappa shape index (κ3) is 6.56. The van der Waals surface area contributed by atoms with Crippen molar-refractivity contribution in [3.8, 4) is 0 Å². The monoisotopic (exact) mass is 232 g/mol. The molecule has 0 aromatic rings. The molecule has 0 aliphatic carbocycles. The van der Waals surface area contributed by atoms with Crippen molar-refractivity contribution in [3.05, 3.63) is 0 Å². The van der Waals surface area contributed by atoms with Gasteiger partial charge in [0.25, 0.3) is 0 Å². The van der Waals surface area contributed by atoms with E-state index in [9.17, 15) is 0 Å². The van der Waals surface area contributed by atoms with Crippen molar-refractivity contribution in [1.29, 1.82) is 0 Å². The molecule has 0 amide bonds. The van der Waals surface area contributed by atoms with Crippen molar-refractivity contribution in [2.45, 2.75) is 48.5 Å². The Labute approximate surface area is 98.6 Å². The van der Waals surface area contributed by atoms with Crippen LogP contribution >= 0.6 is 7.26 Å². The first-order valence-corrected chi connectivity index (χ1v) is 9.64. The Kier molecular flexibility index (Phi) is 7.09. The molecule has 0 aromatic heterocycles. The van der Waals surface area contributed by atoms with Gasteiger partial charge >= 0.3 is 98.1 Å². The van der Waals surface area contributed by atoms with Gasteiger partial charge in [0.05, 0.1) is 0 Å². The van der Waals surface area contributed by atoms with Crippen molar-refractivity contribution in [2.24, 2.45) is 17.8 Å². The van der Waals surface area contributed by atoms with E-state index < -0.39 is 7.26 Å². The van der Waals surface area contributed by atoms with Gasteiger partial charge in [-0.05, 0) is 0 Å². The normalized spacial score (nSPS) is 14.3. The molecule has 0 aliphatic rings. The summed E-state index contributed by atoms with van der Waals surface area (Å²) >= 11 is 0. The average Bonchev–Trinajstić information content (AvgIpc) is 1.99. The molecule has 0 spiro atoms. The second-order valence-corrected chi connectivity index (χ2v) is 11.6. The maximum absolute atomic E-state index is 2.44. The minimum absolute atomic E-state index is 0.897. The molecule has 0 nitrogen and oxygen atoms in total. The fourth-order valence-electron chi connectivity index (χ4n) is 3.28. The first-order chi connectivity index (χ1) is 6.81. The molecule has 0 unspecified atom stereocenters. The summed E-state index contributed by atoms with van der Waals surface area (Å²) in [6.07, 6.45) is 6.11. The van der Waals surface area contributed by atoms with Gasteiger partial charge in [0.2, 0.25) is 0 Å². The molecule has 0 heterocycles. The third-order valence-electron chi connectivity index (χ3n) is 3.27. The fourth-order valence-corrected chi connectivity index (χ4v) is 9.84. The molecule has 0 radical (unpaired) electrons. The Balaban J connectivity index is 4.59. The Morgan fingerprint density at radius 1 is 0.667 bits per heavy atom. The molecule has 0 aliphatic heterocycles. The van der Waals surface area contributed by atoms with E-state index in [4.69, 9.17) is 0 Å².